The fourth-order valence-electron chi connectivity index (χ4n) is 2.48. The second-order valence-electron chi connectivity index (χ2n) is 5.24. The first-order valence-electron chi connectivity index (χ1n) is 7.21. The number of amides is 1. The van der Waals surface area contributed by atoms with Crippen LogP contribution in [-0.2, 0) is 14.8 Å². The molecule has 0 saturated carbocycles. The molecule has 1 N–H and O–H groups in total. The number of anilines is 1. The number of rotatable bonds is 5. The van der Waals surface area contributed by atoms with E-state index in [0.717, 1.165) is 0 Å². The highest BCUT2D eigenvalue weighted by atomic mass is 32.2. The van der Waals surface area contributed by atoms with Gasteiger partial charge in [0.15, 0.2) is 0 Å². The summed E-state index contributed by atoms with van der Waals surface area (Å²) in [7, 11) is -3.23. The van der Waals surface area contributed by atoms with Crippen LogP contribution in [0.15, 0.2) is 24.5 Å². The Bertz CT molecular complexity index is 574. The van der Waals surface area contributed by atoms with Gasteiger partial charge >= 0.3 is 0 Å². The molecule has 1 aromatic rings. The van der Waals surface area contributed by atoms with Crippen molar-refractivity contribution in [2.45, 2.75) is 26.2 Å². The van der Waals surface area contributed by atoms with Crippen molar-refractivity contribution >= 4 is 21.6 Å². The molecule has 2 heterocycles. The highest BCUT2D eigenvalue weighted by molar-refractivity contribution is 7.89. The predicted octanol–water partition coefficient (Wildman–Crippen LogP) is 1.47. The van der Waals surface area contributed by atoms with Crippen LogP contribution in [-0.4, -0.2) is 42.5 Å². The van der Waals surface area contributed by atoms with Gasteiger partial charge in [0.2, 0.25) is 15.9 Å². The number of hydrogen-bond donors (Lipinski definition) is 1. The lowest BCUT2D eigenvalue weighted by Crippen LogP contribution is -2.44. The summed E-state index contributed by atoms with van der Waals surface area (Å²) in [6.45, 7) is 2.63. The quantitative estimate of drug-likeness (QED) is 0.893. The molecular formula is C14H21N3O3S. The fourth-order valence-corrected chi connectivity index (χ4v) is 4.07. The molecular weight excluding hydrogens is 290 g/mol. The molecule has 1 saturated heterocycles. The van der Waals surface area contributed by atoms with Crippen molar-refractivity contribution in [3.63, 3.8) is 0 Å². The topological polar surface area (TPSA) is 79.4 Å². The minimum atomic E-state index is -3.23. The van der Waals surface area contributed by atoms with E-state index >= 15 is 0 Å². The lowest BCUT2D eigenvalue weighted by atomic mass is 9.99. The van der Waals surface area contributed by atoms with Crippen LogP contribution in [0.25, 0.3) is 0 Å². The summed E-state index contributed by atoms with van der Waals surface area (Å²) in [5.74, 6) is -0.297. The Morgan fingerprint density at radius 1 is 1.52 bits per heavy atom. The molecule has 1 unspecified atom stereocenters. The van der Waals surface area contributed by atoms with Gasteiger partial charge in [0.05, 0.1) is 23.6 Å². The summed E-state index contributed by atoms with van der Waals surface area (Å²) >= 11 is 0. The van der Waals surface area contributed by atoms with Crippen molar-refractivity contribution in [3.05, 3.63) is 24.5 Å². The first-order valence-corrected chi connectivity index (χ1v) is 8.82. The molecule has 0 aromatic carbocycles. The maximum Gasteiger partial charge on any atom is 0.228 e. The van der Waals surface area contributed by atoms with Crippen LogP contribution >= 0.6 is 0 Å². The highest BCUT2D eigenvalue weighted by Gasteiger charge is 2.31. The smallest absolute Gasteiger partial charge is 0.228 e. The standard InChI is InChI=1S/C14H21N3O3S/c1-2-9-21(19,20)17-8-4-5-12(11-17)14(18)16-13-6-3-7-15-10-13/h3,6-7,10,12H,2,4-5,8-9,11H2,1H3,(H,16,18). The van der Waals surface area contributed by atoms with Gasteiger partial charge in [-0.2, -0.15) is 0 Å². The van der Waals surface area contributed by atoms with Gasteiger partial charge in [-0.25, -0.2) is 12.7 Å². The maximum atomic E-state index is 12.2. The van der Waals surface area contributed by atoms with Gasteiger partial charge in [-0.05, 0) is 31.4 Å². The fraction of sp³-hybridized carbons (Fsp3) is 0.571. The van der Waals surface area contributed by atoms with Crippen molar-refractivity contribution in [3.8, 4) is 0 Å². The summed E-state index contributed by atoms with van der Waals surface area (Å²) in [4.78, 5) is 16.2. The van der Waals surface area contributed by atoms with E-state index in [4.69, 9.17) is 0 Å². The lowest BCUT2D eigenvalue weighted by molar-refractivity contribution is -0.120. The minimum Gasteiger partial charge on any atom is -0.324 e. The van der Waals surface area contributed by atoms with Gasteiger partial charge in [-0.1, -0.05) is 6.92 Å². The molecule has 0 aliphatic carbocycles. The molecule has 1 amide bonds. The van der Waals surface area contributed by atoms with Crippen LogP contribution in [0.2, 0.25) is 0 Å². The van der Waals surface area contributed by atoms with E-state index in [9.17, 15) is 13.2 Å². The van der Waals surface area contributed by atoms with Gasteiger partial charge in [-0.3, -0.25) is 9.78 Å². The van der Waals surface area contributed by atoms with E-state index in [0.29, 0.717) is 31.5 Å². The zero-order valence-electron chi connectivity index (χ0n) is 12.2. The number of piperidine rings is 1. The summed E-state index contributed by atoms with van der Waals surface area (Å²) in [5, 5.41) is 2.79. The highest BCUT2D eigenvalue weighted by Crippen LogP contribution is 2.21. The van der Waals surface area contributed by atoms with Crippen molar-refractivity contribution in [1.29, 1.82) is 0 Å². The van der Waals surface area contributed by atoms with E-state index in [1.807, 2.05) is 6.92 Å². The molecule has 1 atom stereocenters. The molecule has 0 radical (unpaired) electrons. The Morgan fingerprint density at radius 3 is 3.00 bits per heavy atom. The molecule has 6 nitrogen and oxygen atoms in total. The molecule has 1 fully saturated rings. The Hall–Kier alpha value is -1.47. The summed E-state index contributed by atoms with van der Waals surface area (Å²) in [6.07, 6.45) is 5.23. The van der Waals surface area contributed by atoms with E-state index in [1.165, 1.54) is 4.31 Å². The van der Waals surface area contributed by atoms with Crippen molar-refractivity contribution in [2.75, 3.05) is 24.2 Å². The van der Waals surface area contributed by atoms with Crippen LogP contribution in [0.4, 0.5) is 5.69 Å². The Morgan fingerprint density at radius 2 is 2.33 bits per heavy atom. The average molecular weight is 311 g/mol. The number of sulfonamides is 1. The number of pyridine rings is 1. The summed E-state index contributed by atoms with van der Waals surface area (Å²) < 4.78 is 25.6. The molecule has 2 rings (SSSR count). The third-order valence-electron chi connectivity index (χ3n) is 3.54. The van der Waals surface area contributed by atoms with Gasteiger partial charge in [-0.15, -0.1) is 0 Å². The molecule has 116 valence electrons. The molecule has 1 aromatic heterocycles. The van der Waals surface area contributed by atoms with Crippen LogP contribution in [0.3, 0.4) is 0 Å². The average Bonchev–Trinajstić information content (AvgIpc) is 2.48. The predicted molar refractivity (Wildman–Crippen MR) is 81.2 cm³/mol. The molecule has 0 bridgehead atoms. The second-order valence-corrected chi connectivity index (χ2v) is 7.33. The third-order valence-corrected chi connectivity index (χ3v) is 5.58. The van der Waals surface area contributed by atoms with Crippen molar-refractivity contribution < 1.29 is 13.2 Å². The van der Waals surface area contributed by atoms with E-state index in [-0.39, 0.29) is 24.1 Å². The Labute approximate surface area is 125 Å². The number of nitrogens with one attached hydrogen (secondary N) is 1. The van der Waals surface area contributed by atoms with Crippen LogP contribution in [0, 0.1) is 5.92 Å². The van der Waals surface area contributed by atoms with Crippen LogP contribution in [0.5, 0.6) is 0 Å². The Kier molecular flexibility index (Phi) is 5.30. The van der Waals surface area contributed by atoms with Gasteiger partial charge in [0.25, 0.3) is 0 Å². The zero-order valence-corrected chi connectivity index (χ0v) is 13.0. The molecule has 0 spiro atoms. The van der Waals surface area contributed by atoms with E-state index in [2.05, 4.69) is 10.3 Å². The zero-order chi connectivity index (χ0) is 15.3. The number of nitrogens with zero attached hydrogens (tertiary/aromatic N) is 2. The van der Waals surface area contributed by atoms with Gasteiger partial charge < -0.3 is 5.32 Å². The normalized spacial score (nSPS) is 20.1. The summed E-state index contributed by atoms with van der Waals surface area (Å²) in [5.41, 5.74) is 0.635. The number of carbonyl (C=O) groups excluding carboxylic acids is 1. The van der Waals surface area contributed by atoms with E-state index < -0.39 is 10.0 Å². The molecule has 1 aliphatic heterocycles. The third kappa shape index (κ3) is 4.25. The van der Waals surface area contributed by atoms with Crippen LogP contribution < -0.4 is 5.32 Å². The first kappa shape index (κ1) is 15.9. The monoisotopic (exact) mass is 311 g/mol. The molecule has 21 heavy (non-hydrogen) atoms. The number of carbonyl (C=O) groups is 1. The van der Waals surface area contributed by atoms with Gasteiger partial charge in [0.1, 0.15) is 0 Å². The van der Waals surface area contributed by atoms with Crippen LogP contribution in [0.1, 0.15) is 26.2 Å². The number of aromatic nitrogens is 1. The van der Waals surface area contributed by atoms with Crippen molar-refractivity contribution in [2.24, 2.45) is 5.92 Å². The molecule has 7 heteroatoms. The van der Waals surface area contributed by atoms with Crippen molar-refractivity contribution in [1.82, 2.24) is 9.29 Å². The second kappa shape index (κ2) is 7.00. The minimum absolute atomic E-state index is 0.139. The van der Waals surface area contributed by atoms with E-state index in [1.54, 1.807) is 24.5 Å². The first-order chi connectivity index (χ1) is 10.0. The lowest BCUT2D eigenvalue weighted by Gasteiger charge is -2.31. The number of hydrogen-bond acceptors (Lipinski definition) is 4. The maximum absolute atomic E-state index is 12.2. The molecule has 1 aliphatic rings. The summed E-state index contributed by atoms with van der Waals surface area (Å²) in [6, 6.07) is 3.51. The SMILES string of the molecule is CCCS(=O)(=O)N1CCCC(C(=O)Nc2cccnc2)C1. The Balaban J connectivity index is 1.99. The van der Waals surface area contributed by atoms with Gasteiger partial charge in [0, 0.05) is 19.3 Å². The largest absolute Gasteiger partial charge is 0.324 e.